The Balaban J connectivity index is 2.10. The highest BCUT2D eigenvalue weighted by Gasteiger charge is 2.06. The first-order valence-electron chi connectivity index (χ1n) is 7.37. The van der Waals surface area contributed by atoms with Gasteiger partial charge in [-0.05, 0) is 38.1 Å². The van der Waals surface area contributed by atoms with E-state index in [4.69, 9.17) is 0 Å². The lowest BCUT2D eigenvalue weighted by Crippen LogP contribution is -2.21. The third-order valence-electron chi connectivity index (χ3n) is 3.46. The van der Waals surface area contributed by atoms with Gasteiger partial charge in [0.05, 0.1) is 11.9 Å². The average molecular weight is 319 g/mol. The molecular weight excluding hydrogens is 300 g/mol. The van der Waals surface area contributed by atoms with Crippen LogP contribution in [0.25, 0.3) is 0 Å². The maximum Gasteiger partial charge on any atom is 0.151 e. The molecule has 2 aromatic rings. The number of aromatic hydroxyl groups is 1. The number of halogens is 2. The van der Waals surface area contributed by atoms with Gasteiger partial charge >= 0.3 is 0 Å². The Labute approximate surface area is 134 Å². The van der Waals surface area contributed by atoms with E-state index in [-0.39, 0.29) is 11.4 Å². The van der Waals surface area contributed by atoms with Gasteiger partial charge in [-0.15, -0.1) is 0 Å². The summed E-state index contributed by atoms with van der Waals surface area (Å²) in [7, 11) is 0. The molecule has 0 saturated heterocycles. The van der Waals surface area contributed by atoms with Crippen LogP contribution in [-0.4, -0.2) is 24.4 Å². The number of nitrogens with one attached hydrogen (secondary N) is 1. The van der Waals surface area contributed by atoms with E-state index in [1.165, 1.54) is 12.3 Å². The molecule has 0 unspecified atom stereocenters. The molecule has 6 heteroatoms. The van der Waals surface area contributed by atoms with Crippen molar-refractivity contribution in [3.63, 3.8) is 0 Å². The summed E-state index contributed by atoms with van der Waals surface area (Å²) in [5, 5.41) is 13.9. The summed E-state index contributed by atoms with van der Waals surface area (Å²) in [6.45, 7) is 5.76. The second-order valence-electron chi connectivity index (χ2n) is 4.91. The molecule has 0 spiro atoms. The Kier molecular flexibility index (Phi) is 5.51. The van der Waals surface area contributed by atoms with E-state index in [0.717, 1.165) is 30.9 Å². The van der Waals surface area contributed by atoms with Gasteiger partial charge in [0.2, 0.25) is 0 Å². The smallest absolute Gasteiger partial charge is 0.151 e. The van der Waals surface area contributed by atoms with Crippen LogP contribution in [0.2, 0.25) is 0 Å². The molecule has 0 heterocycles. The largest absolute Gasteiger partial charge is 0.507 e. The minimum absolute atomic E-state index is 0.0573. The molecular formula is C17H19F2N3O. The van der Waals surface area contributed by atoms with E-state index in [9.17, 15) is 13.9 Å². The van der Waals surface area contributed by atoms with Crippen LogP contribution in [0, 0.1) is 11.6 Å². The molecule has 0 atom stereocenters. The van der Waals surface area contributed by atoms with Crippen molar-refractivity contribution in [2.45, 2.75) is 13.8 Å². The minimum Gasteiger partial charge on any atom is -0.507 e. The van der Waals surface area contributed by atoms with Gasteiger partial charge in [0.25, 0.3) is 0 Å². The summed E-state index contributed by atoms with van der Waals surface area (Å²) in [5.41, 5.74) is 3.95. The number of rotatable bonds is 6. The Morgan fingerprint density at radius 3 is 2.48 bits per heavy atom. The van der Waals surface area contributed by atoms with E-state index < -0.39 is 11.6 Å². The highest BCUT2D eigenvalue weighted by molar-refractivity contribution is 5.85. The zero-order valence-corrected chi connectivity index (χ0v) is 13.1. The third-order valence-corrected chi connectivity index (χ3v) is 3.46. The van der Waals surface area contributed by atoms with Gasteiger partial charge in [-0.25, -0.2) is 8.78 Å². The zero-order chi connectivity index (χ0) is 16.8. The SMILES string of the molecule is CCN(CC)c1ccc(C=NNc2ccc(F)cc2F)c(O)c1. The molecule has 122 valence electrons. The van der Waals surface area contributed by atoms with Crippen LogP contribution in [0.5, 0.6) is 5.75 Å². The topological polar surface area (TPSA) is 47.9 Å². The fraction of sp³-hybridized carbons (Fsp3) is 0.235. The summed E-state index contributed by atoms with van der Waals surface area (Å²) >= 11 is 0. The molecule has 2 N–H and O–H groups in total. The quantitative estimate of drug-likeness (QED) is 0.626. The van der Waals surface area contributed by atoms with Gasteiger partial charge in [-0.1, -0.05) is 0 Å². The van der Waals surface area contributed by atoms with Crippen molar-refractivity contribution in [1.29, 1.82) is 0 Å². The number of nitrogens with zero attached hydrogens (tertiary/aromatic N) is 2. The standard InChI is InChI=1S/C17H19F2N3O/c1-3-22(4-2)14-7-5-12(17(23)10-14)11-20-21-16-8-6-13(18)9-15(16)19/h5-11,21,23H,3-4H2,1-2H3. The maximum atomic E-state index is 13.4. The van der Waals surface area contributed by atoms with Crippen molar-refractivity contribution < 1.29 is 13.9 Å². The molecule has 0 saturated carbocycles. The molecule has 0 aliphatic rings. The van der Waals surface area contributed by atoms with Gasteiger partial charge in [0, 0.05) is 36.5 Å². The van der Waals surface area contributed by atoms with Gasteiger partial charge in [0.15, 0.2) is 5.82 Å². The minimum atomic E-state index is -0.733. The van der Waals surface area contributed by atoms with Crippen LogP contribution in [0.3, 0.4) is 0 Å². The third kappa shape index (κ3) is 4.18. The van der Waals surface area contributed by atoms with E-state index in [2.05, 4.69) is 15.4 Å². The normalized spacial score (nSPS) is 11.0. The molecule has 23 heavy (non-hydrogen) atoms. The zero-order valence-electron chi connectivity index (χ0n) is 13.1. The lowest BCUT2D eigenvalue weighted by Gasteiger charge is -2.21. The Bertz CT molecular complexity index is 700. The lowest BCUT2D eigenvalue weighted by molar-refractivity contribution is 0.474. The number of phenols is 1. The van der Waals surface area contributed by atoms with E-state index in [1.807, 2.05) is 19.9 Å². The lowest BCUT2D eigenvalue weighted by atomic mass is 10.2. The van der Waals surface area contributed by atoms with Crippen LogP contribution < -0.4 is 10.3 Å². The Hall–Kier alpha value is -2.63. The van der Waals surface area contributed by atoms with Crippen LogP contribution >= 0.6 is 0 Å². The molecule has 0 aliphatic heterocycles. The first-order valence-corrected chi connectivity index (χ1v) is 7.37. The molecule has 4 nitrogen and oxygen atoms in total. The predicted molar refractivity (Wildman–Crippen MR) is 89.2 cm³/mol. The maximum absolute atomic E-state index is 13.4. The highest BCUT2D eigenvalue weighted by Crippen LogP contribution is 2.23. The number of phenolic OH excluding ortho intramolecular Hbond substituents is 1. The summed E-state index contributed by atoms with van der Waals surface area (Å²) in [6, 6.07) is 8.44. The van der Waals surface area contributed by atoms with Crippen molar-refractivity contribution in [3.05, 3.63) is 53.6 Å². The van der Waals surface area contributed by atoms with Crippen LogP contribution in [0.4, 0.5) is 20.2 Å². The van der Waals surface area contributed by atoms with E-state index in [0.29, 0.717) is 5.56 Å². The highest BCUT2D eigenvalue weighted by atomic mass is 19.1. The van der Waals surface area contributed by atoms with Crippen LogP contribution in [0.15, 0.2) is 41.5 Å². The second-order valence-corrected chi connectivity index (χ2v) is 4.91. The van der Waals surface area contributed by atoms with Crippen molar-refractivity contribution in [2.75, 3.05) is 23.4 Å². The number of benzene rings is 2. The second kappa shape index (κ2) is 7.58. The van der Waals surface area contributed by atoms with Crippen molar-refractivity contribution in [1.82, 2.24) is 0 Å². The first-order chi connectivity index (χ1) is 11.0. The molecule has 0 amide bonds. The number of anilines is 2. The molecule has 0 fully saturated rings. The fourth-order valence-corrected chi connectivity index (χ4v) is 2.18. The van der Waals surface area contributed by atoms with E-state index in [1.54, 1.807) is 12.1 Å². The van der Waals surface area contributed by atoms with Gasteiger partial charge in [0.1, 0.15) is 11.6 Å². The fourth-order valence-electron chi connectivity index (χ4n) is 2.18. The van der Waals surface area contributed by atoms with Gasteiger partial charge in [-0.2, -0.15) is 5.10 Å². The number of hydrazone groups is 1. The van der Waals surface area contributed by atoms with Gasteiger partial charge < -0.3 is 10.0 Å². The molecule has 0 radical (unpaired) electrons. The van der Waals surface area contributed by atoms with Crippen LogP contribution in [0.1, 0.15) is 19.4 Å². The molecule has 0 aromatic heterocycles. The Morgan fingerprint density at radius 1 is 1.13 bits per heavy atom. The first kappa shape index (κ1) is 16.7. The van der Waals surface area contributed by atoms with Gasteiger partial charge in [-0.3, -0.25) is 5.43 Å². The summed E-state index contributed by atoms with van der Waals surface area (Å²) in [5.74, 6) is -1.30. The molecule has 0 bridgehead atoms. The molecule has 2 aromatic carbocycles. The number of hydrogen-bond donors (Lipinski definition) is 2. The van der Waals surface area contributed by atoms with Crippen molar-refractivity contribution in [2.24, 2.45) is 5.10 Å². The van der Waals surface area contributed by atoms with Crippen LogP contribution in [-0.2, 0) is 0 Å². The summed E-state index contributed by atoms with van der Waals surface area (Å²) < 4.78 is 26.2. The average Bonchev–Trinajstić information content (AvgIpc) is 2.52. The number of hydrogen-bond acceptors (Lipinski definition) is 4. The molecule has 0 aliphatic carbocycles. The summed E-state index contributed by atoms with van der Waals surface area (Å²) in [6.07, 6.45) is 1.38. The van der Waals surface area contributed by atoms with Crippen molar-refractivity contribution in [3.8, 4) is 5.75 Å². The summed E-state index contributed by atoms with van der Waals surface area (Å²) in [4.78, 5) is 2.10. The predicted octanol–water partition coefficient (Wildman–Crippen LogP) is 3.96. The molecule has 2 rings (SSSR count). The monoisotopic (exact) mass is 319 g/mol. The Morgan fingerprint density at radius 2 is 1.87 bits per heavy atom. The van der Waals surface area contributed by atoms with Crippen molar-refractivity contribution >= 4 is 17.6 Å². The van der Waals surface area contributed by atoms with E-state index >= 15 is 0 Å².